The van der Waals surface area contributed by atoms with E-state index in [9.17, 15) is 39.5 Å². The van der Waals surface area contributed by atoms with Crippen LogP contribution in [0.1, 0.15) is 17.2 Å². The predicted molar refractivity (Wildman–Crippen MR) is 56.4 cm³/mol. The third-order valence-corrected chi connectivity index (χ3v) is 2.62. The average Bonchev–Trinajstić information content (AvgIpc) is 2.81. The number of hydrogen-bond acceptors (Lipinski definition) is 2. The third-order valence-electron chi connectivity index (χ3n) is 2.62. The highest BCUT2D eigenvalue weighted by atomic mass is 19.4. The Balaban J connectivity index is 2.86. The molecule has 0 unspecified atom stereocenters. The van der Waals surface area contributed by atoms with E-state index in [0.717, 1.165) is 12.1 Å². The van der Waals surface area contributed by atoms with Crippen LogP contribution in [0.15, 0.2) is 24.3 Å². The molecule has 0 aliphatic carbocycles. The maximum atomic E-state index is 12.9. The summed E-state index contributed by atoms with van der Waals surface area (Å²) in [5.74, 6) is -4.41. The molecule has 3 nitrogen and oxygen atoms in total. The zero-order chi connectivity index (χ0) is 17.6. The van der Waals surface area contributed by atoms with E-state index in [4.69, 9.17) is 0 Å². The van der Waals surface area contributed by atoms with Crippen LogP contribution >= 0.6 is 0 Å². The number of aromatic nitrogens is 3. The second kappa shape index (κ2) is 5.13. The van der Waals surface area contributed by atoms with E-state index in [1.807, 2.05) is 0 Å². The molecule has 2 aromatic rings. The first-order chi connectivity index (χ1) is 10.3. The first kappa shape index (κ1) is 17.1. The fraction of sp³-hybridized carbons (Fsp3) is 0.273. The zero-order valence-corrected chi connectivity index (χ0v) is 10.6. The van der Waals surface area contributed by atoms with Crippen LogP contribution in [0.5, 0.6) is 0 Å². The van der Waals surface area contributed by atoms with Crippen molar-refractivity contribution in [3.8, 4) is 5.69 Å². The highest BCUT2D eigenvalue weighted by Gasteiger charge is 2.47. The van der Waals surface area contributed by atoms with E-state index < -0.39 is 46.0 Å². The van der Waals surface area contributed by atoms with Crippen molar-refractivity contribution < 1.29 is 39.5 Å². The summed E-state index contributed by atoms with van der Waals surface area (Å²) in [5, 5.41) is 4.71. The normalized spacial score (nSPS) is 13.4. The Morgan fingerprint density at radius 1 is 0.652 bits per heavy atom. The molecule has 12 heteroatoms. The molecular weight excluding hydrogens is 345 g/mol. The molecule has 0 radical (unpaired) electrons. The highest BCUT2D eigenvalue weighted by Crippen LogP contribution is 2.40. The lowest BCUT2D eigenvalue weighted by molar-refractivity contribution is -0.154. The van der Waals surface area contributed by atoms with Gasteiger partial charge in [0.2, 0.25) is 11.6 Å². The minimum Gasteiger partial charge on any atom is -0.267 e. The molecular formula is C11H4F9N3. The molecule has 0 aliphatic heterocycles. The summed E-state index contributed by atoms with van der Waals surface area (Å²) >= 11 is 0. The van der Waals surface area contributed by atoms with Gasteiger partial charge in [0.1, 0.15) is 0 Å². The van der Waals surface area contributed by atoms with Gasteiger partial charge in [0.15, 0.2) is 0 Å². The van der Waals surface area contributed by atoms with Crippen molar-refractivity contribution in [2.75, 3.05) is 0 Å². The van der Waals surface area contributed by atoms with E-state index in [2.05, 4.69) is 10.2 Å². The van der Waals surface area contributed by atoms with Crippen LogP contribution in [-0.4, -0.2) is 14.8 Å². The molecule has 0 fully saturated rings. The van der Waals surface area contributed by atoms with Gasteiger partial charge in [-0.25, -0.2) is 0 Å². The summed E-state index contributed by atoms with van der Waals surface area (Å²) in [7, 11) is 0. The minimum atomic E-state index is -5.44. The van der Waals surface area contributed by atoms with Gasteiger partial charge < -0.3 is 0 Å². The lowest BCUT2D eigenvalue weighted by atomic mass is 10.1. The number of hydrogen-bond donors (Lipinski definition) is 0. The van der Waals surface area contributed by atoms with Crippen LogP contribution in [0.4, 0.5) is 39.5 Å². The van der Waals surface area contributed by atoms with Gasteiger partial charge in [0.25, 0.3) is 0 Å². The van der Waals surface area contributed by atoms with Crippen LogP contribution in [0.3, 0.4) is 0 Å². The molecule has 1 heterocycles. The minimum absolute atomic E-state index is 0.357. The summed E-state index contributed by atoms with van der Waals surface area (Å²) in [6, 6.07) is 2.52. The number of nitrogens with zero attached hydrogens (tertiary/aromatic N) is 3. The van der Waals surface area contributed by atoms with Gasteiger partial charge in [-0.15, -0.1) is 10.2 Å². The van der Waals surface area contributed by atoms with Crippen LogP contribution in [0.2, 0.25) is 0 Å². The average molecular weight is 349 g/mol. The fourth-order valence-corrected chi connectivity index (χ4v) is 1.79. The van der Waals surface area contributed by atoms with Crippen molar-refractivity contribution in [3.05, 3.63) is 41.5 Å². The third kappa shape index (κ3) is 3.24. The second-order valence-electron chi connectivity index (χ2n) is 4.19. The Bertz CT molecular complexity index is 677. The Morgan fingerprint density at radius 2 is 1.09 bits per heavy atom. The SMILES string of the molecule is FC(F)(F)c1ccccc1-n1c(C(F)(F)F)nnc1C(F)(F)F. The summed E-state index contributed by atoms with van der Waals surface area (Å²) in [5.41, 5.74) is -3.06. The number of para-hydroxylation sites is 1. The van der Waals surface area contributed by atoms with E-state index in [0.29, 0.717) is 12.1 Å². The van der Waals surface area contributed by atoms with Crippen molar-refractivity contribution in [1.82, 2.24) is 14.8 Å². The molecule has 0 bridgehead atoms. The van der Waals surface area contributed by atoms with Gasteiger partial charge in [-0.05, 0) is 12.1 Å². The molecule has 0 N–H and O–H groups in total. The quantitative estimate of drug-likeness (QED) is 0.718. The van der Waals surface area contributed by atoms with Crippen molar-refractivity contribution in [3.63, 3.8) is 0 Å². The number of benzene rings is 1. The molecule has 0 amide bonds. The van der Waals surface area contributed by atoms with Gasteiger partial charge in [0, 0.05) is 0 Å². The molecule has 1 aromatic heterocycles. The van der Waals surface area contributed by atoms with Crippen LogP contribution in [0.25, 0.3) is 5.69 Å². The molecule has 0 atom stereocenters. The van der Waals surface area contributed by atoms with Crippen molar-refractivity contribution in [2.24, 2.45) is 0 Å². The Hall–Kier alpha value is -2.27. The van der Waals surface area contributed by atoms with Crippen molar-refractivity contribution in [1.29, 1.82) is 0 Å². The lowest BCUT2D eigenvalue weighted by Crippen LogP contribution is -2.22. The lowest BCUT2D eigenvalue weighted by Gasteiger charge is -2.18. The van der Waals surface area contributed by atoms with Crippen molar-refractivity contribution >= 4 is 0 Å². The molecule has 23 heavy (non-hydrogen) atoms. The first-order valence-electron chi connectivity index (χ1n) is 5.60. The second-order valence-corrected chi connectivity index (χ2v) is 4.19. The van der Waals surface area contributed by atoms with Gasteiger partial charge in [-0.1, -0.05) is 12.1 Å². The Labute approximate surface area is 121 Å². The summed E-state index contributed by atoms with van der Waals surface area (Å²) < 4.78 is 115. The molecule has 0 spiro atoms. The number of halogens is 9. The molecule has 0 aliphatic rings. The molecule has 2 rings (SSSR count). The monoisotopic (exact) mass is 349 g/mol. The number of alkyl halides is 9. The van der Waals surface area contributed by atoms with E-state index in [1.165, 1.54) is 0 Å². The number of rotatable bonds is 1. The van der Waals surface area contributed by atoms with Gasteiger partial charge in [-0.3, -0.25) is 4.57 Å². The molecule has 126 valence electrons. The van der Waals surface area contributed by atoms with Crippen LogP contribution in [-0.2, 0) is 18.5 Å². The smallest absolute Gasteiger partial charge is 0.267 e. The van der Waals surface area contributed by atoms with Gasteiger partial charge in [0.05, 0.1) is 11.3 Å². The molecule has 1 aromatic carbocycles. The highest BCUT2D eigenvalue weighted by molar-refractivity contribution is 5.45. The van der Waals surface area contributed by atoms with E-state index in [1.54, 1.807) is 0 Å². The molecule has 0 saturated carbocycles. The van der Waals surface area contributed by atoms with Gasteiger partial charge in [-0.2, -0.15) is 39.5 Å². The van der Waals surface area contributed by atoms with Crippen LogP contribution < -0.4 is 0 Å². The van der Waals surface area contributed by atoms with Gasteiger partial charge >= 0.3 is 18.5 Å². The summed E-state index contributed by atoms with van der Waals surface area (Å²) in [6.45, 7) is 0. The van der Waals surface area contributed by atoms with E-state index in [-0.39, 0.29) is 0 Å². The standard InChI is InChI=1S/C11H4F9N3/c12-9(13,14)5-3-1-2-4-6(5)23-7(10(15,16)17)21-22-8(23)11(18,19)20/h1-4H. The predicted octanol–water partition coefficient (Wildman–Crippen LogP) is 4.32. The Morgan fingerprint density at radius 3 is 1.48 bits per heavy atom. The summed E-state index contributed by atoms with van der Waals surface area (Å²) in [4.78, 5) is 0. The van der Waals surface area contributed by atoms with Crippen molar-refractivity contribution in [2.45, 2.75) is 18.5 Å². The van der Waals surface area contributed by atoms with Crippen LogP contribution in [0, 0.1) is 0 Å². The maximum absolute atomic E-state index is 12.9. The first-order valence-corrected chi connectivity index (χ1v) is 5.60. The topological polar surface area (TPSA) is 30.7 Å². The maximum Gasteiger partial charge on any atom is 0.452 e. The Kier molecular flexibility index (Phi) is 3.81. The fourth-order valence-electron chi connectivity index (χ4n) is 1.79. The zero-order valence-electron chi connectivity index (χ0n) is 10.6. The molecule has 0 saturated heterocycles. The largest absolute Gasteiger partial charge is 0.452 e. The van der Waals surface area contributed by atoms with E-state index >= 15 is 0 Å². The summed E-state index contributed by atoms with van der Waals surface area (Å²) in [6.07, 6.45) is -16.0.